The number of aromatic nitrogens is 6. The fraction of sp³-hybridized carbons (Fsp3) is 0.200. The summed E-state index contributed by atoms with van der Waals surface area (Å²) in [7, 11) is 0. The highest BCUT2D eigenvalue weighted by Gasteiger charge is 2.20. The molecule has 4 aromatic rings. The largest absolute Gasteiger partial charge is 0.382 e. The molecule has 128 valence electrons. The molecule has 0 aliphatic rings. The predicted octanol–water partition coefficient (Wildman–Crippen LogP) is 1.72. The van der Waals surface area contributed by atoms with Gasteiger partial charge in [-0.15, -0.1) is 5.10 Å². The van der Waals surface area contributed by atoms with Gasteiger partial charge in [-0.1, -0.05) is 0 Å². The number of nitrogens with two attached hydrogens (primary N) is 2. The molecule has 8 nitrogen and oxygen atoms in total. The van der Waals surface area contributed by atoms with Crippen LogP contribution in [-0.4, -0.2) is 35.8 Å². The van der Waals surface area contributed by atoms with Crippen LogP contribution in [0.5, 0.6) is 0 Å². The first-order valence-electron chi connectivity index (χ1n) is 7.49. The van der Waals surface area contributed by atoms with E-state index in [0.717, 1.165) is 6.20 Å². The van der Waals surface area contributed by atoms with Crippen LogP contribution < -0.4 is 11.5 Å². The van der Waals surface area contributed by atoms with E-state index in [1.807, 2.05) is 0 Å². The van der Waals surface area contributed by atoms with Crippen LogP contribution in [-0.2, 0) is 6.54 Å². The molecule has 4 N–H and O–H groups in total. The van der Waals surface area contributed by atoms with Crippen LogP contribution in [0.2, 0.25) is 0 Å². The van der Waals surface area contributed by atoms with Gasteiger partial charge >= 0.3 is 0 Å². The van der Waals surface area contributed by atoms with Crippen LogP contribution >= 0.6 is 0 Å². The van der Waals surface area contributed by atoms with Gasteiger partial charge in [0.05, 0.1) is 24.0 Å². The topological polar surface area (TPSA) is 113 Å². The fourth-order valence-corrected chi connectivity index (χ4v) is 2.95. The normalized spacial score (nSPS) is 11.6. The average Bonchev–Trinajstić information content (AvgIpc) is 3.04. The Kier molecular flexibility index (Phi) is 3.27. The van der Waals surface area contributed by atoms with Gasteiger partial charge in [-0.2, -0.15) is 4.98 Å². The molecule has 0 amide bonds. The van der Waals surface area contributed by atoms with Gasteiger partial charge in [-0.25, -0.2) is 23.3 Å². The van der Waals surface area contributed by atoms with Gasteiger partial charge in [0.1, 0.15) is 23.5 Å². The molecular formula is C15H14F2N8. The fourth-order valence-electron chi connectivity index (χ4n) is 2.95. The Hall–Kier alpha value is -3.30. The second kappa shape index (κ2) is 5.36. The quantitative estimate of drug-likeness (QED) is 0.585. The van der Waals surface area contributed by atoms with Gasteiger partial charge in [0.15, 0.2) is 17.3 Å². The smallest absolute Gasteiger partial charge is 0.240 e. The molecule has 0 radical (unpaired) electrons. The number of aryl methyl sites for hydroxylation is 2. The van der Waals surface area contributed by atoms with E-state index < -0.39 is 12.5 Å². The summed E-state index contributed by atoms with van der Waals surface area (Å²) < 4.78 is 30.2. The van der Waals surface area contributed by atoms with Crippen LogP contribution in [0.4, 0.5) is 20.5 Å². The van der Waals surface area contributed by atoms with E-state index >= 15 is 0 Å². The lowest BCUT2D eigenvalue weighted by molar-refractivity contribution is 0.445. The summed E-state index contributed by atoms with van der Waals surface area (Å²) in [5.74, 6) is 0.0511. The molecule has 0 aliphatic carbocycles. The third kappa shape index (κ3) is 2.25. The van der Waals surface area contributed by atoms with E-state index in [-0.39, 0.29) is 29.4 Å². The first-order valence-corrected chi connectivity index (χ1v) is 7.49. The van der Waals surface area contributed by atoms with E-state index in [4.69, 9.17) is 11.5 Å². The Morgan fingerprint density at radius 1 is 1.16 bits per heavy atom. The minimum absolute atomic E-state index is 0.0433. The zero-order valence-electron chi connectivity index (χ0n) is 13.2. The van der Waals surface area contributed by atoms with Crippen LogP contribution in [0, 0.1) is 12.7 Å². The molecule has 0 unspecified atom stereocenters. The number of rotatable bonds is 3. The summed E-state index contributed by atoms with van der Waals surface area (Å²) in [4.78, 5) is 12.7. The molecule has 4 rings (SSSR count). The van der Waals surface area contributed by atoms with Crippen molar-refractivity contribution in [2.24, 2.45) is 0 Å². The number of nitrogens with zero attached hydrogens (tertiary/aromatic N) is 6. The molecule has 0 bridgehead atoms. The van der Waals surface area contributed by atoms with Crippen molar-refractivity contribution in [2.45, 2.75) is 13.5 Å². The summed E-state index contributed by atoms with van der Waals surface area (Å²) >= 11 is 0. The van der Waals surface area contributed by atoms with Crippen molar-refractivity contribution in [3.63, 3.8) is 0 Å². The van der Waals surface area contributed by atoms with E-state index in [1.165, 1.54) is 4.52 Å². The molecule has 0 aliphatic heterocycles. The van der Waals surface area contributed by atoms with Gasteiger partial charge in [0.2, 0.25) is 5.95 Å². The predicted molar refractivity (Wildman–Crippen MR) is 89.0 cm³/mol. The summed E-state index contributed by atoms with van der Waals surface area (Å²) in [6.45, 7) is 1.33. The molecule has 0 fully saturated rings. The van der Waals surface area contributed by atoms with E-state index in [9.17, 15) is 8.78 Å². The number of pyridine rings is 1. The first-order chi connectivity index (χ1) is 12.0. The number of hydrogen-bond acceptors (Lipinski definition) is 6. The summed E-state index contributed by atoms with van der Waals surface area (Å²) in [6.07, 6.45) is 1.16. The summed E-state index contributed by atoms with van der Waals surface area (Å²) in [5.41, 5.74) is 13.3. The molecule has 10 heteroatoms. The molecule has 0 atom stereocenters. The lowest BCUT2D eigenvalue weighted by atomic mass is 10.1. The first kappa shape index (κ1) is 15.2. The number of imidazole rings is 1. The second-order valence-electron chi connectivity index (χ2n) is 5.54. The highest BCUT2D eigenvalue weighted by atomic mass is 19.1. The minimum atomic E-state index is -0.563. The molecule has 0 spiro atoms. The summed E-state index contributed by atoms with van der Waals surface area (Å²) in [6, 6.07) is 3.33. The molecule has 25 heavy (non-hydrogen) atoms. The van der Waals surface area contributed by atoms with Crippen LogP contribution in [0.25, 0.3) is 27.9 Å². The molecule has 4 heterocycles. The Labute approximate surface area is 140 Å². The second-order valence-corrected chi connectivity index (χ2v) is 5.54. The van der Waals surface area contributed by atoms with Gasteiger partial charge in [0.25, 0.3) is 0 Å². The Bertz CT molecular complexity index is 1110. The van der Waals surface area contributed by atoms with Crippen molar-refractivity contribution in [1.82, 2.24) is 29.1 Å². The van der Waals surface area contributed by atoms with E-state index in [2.05, 4.69) is 20.1 Å². The third-order valence-corrected chi connectivity index (χ3v) is 3.98. The van der Waals surface area contributed by atoms with Crippen LogP contribution in [0.1, 0.15) is 5.82 Å². The SMILES string of the molecule is Cc1nc2ccc(-c3c(F)cn4nc(N)nc(N)c34)nc2n1CCF. The van der Waals surface area contributed by atoms with Crippen molar-refractivity contribution in [3.8, 4) is 11.3 Å². The Morgan fingerprint density at radius 2 is 1.96 bits per heavy atom. The zero-order chi connectivity index (χ0) is 17.7. The van der Waals surface area contributed by atoms with Crippen molar-refractivity contribution < 1.29 is 8.78 Å². The average molecular weight is 344 g/mol. The van der Waals surface area contributed by atoms with Crippen molar-refractivity contribution in [3.05, 3.63) is 30.0 Å². The van der Waals surface area contributed by atoms with Gasteiger partial charge in [-0.05, 0) is 19.1 Å². The number of nitrogen functional groups attached to an aromatic ring is 2. The molecular weight excluding hydrogens is 330 g/mol. The lowest BCUT2D eigenvalue weighted by Crippen LogP contribution is -2.05. The standard InChI is InChI=1S/C15H14F2N8/c1-7-20-10-3-2-9(21-14(10)24(7)5-4-16)11-8(17)6-25-12(11)13(18)22-15(19)23-25/h2-3,6H,4-5H2,1H3,(H4,18,19,22,23). The molecule has 4 aromatic heterocycles. The zero-order valence-corrected chi connectivity index (χ0v) is 13.2. The third-order valence-electron chi connectivity index (χ3n) is 3.98. The van der Waals surface area contributed by atoms with E-state index in [1.54, 1.807) is 23.6 Å². The maximum atomic E-state index is 14.5. The van der Waals surface area contributed by atoms with Crippen molar-refractivity contribution >= 4 is 28.4 Å². The van der Waals surface area contributed by atoms with Crippen molar-refractivity contribution in [2.75, 3.05) is 18.1 Å². The maximum absolute atomic E-state index is 14.5. The van der Waals surface area contributed by atoms with Gasteiger partial charge in [-0.3, -0.25) is 0 Å². The Balaban J connectivity index is 2.00. The maximum Gasteiger partial charge on any atom is 0.240 e. The highest BCUT2D eigenvalue weighted by Crippen LogP contribution is 2.31. The minimum Gasteiger partial charge on any atom is -0.382 e. The van der Waals surface area contributed by atoms with Crippen LogP contribution in [0.3, 0.4) is 0 Å². The van der Waals surface area contributed by atoms with Gasteiger partial charge < -0.3 is 16.0 Å². The van der Waals surface area contributed by atoms with Crippen LogP contribution in [0.15, 0.2) is 18.3 Å². The molecule has 0 saturated heterocycles. The number of halogens is 2. The molecule has 0 aromatic carbocycles. The lowest BCUT2D eigenvalue weighted by Gasteiger charge is -2.05. The Morgan fingerprint density at radius 3 is 2.72 bits per heavy atom. The van der Waals surface area contributed by atoms with Crippen molar-refractivity contribution in [1.29, 1.82) is 0 Å². The monoisotopic (exact) mass is 344 g/mol. The highest BCUT2D eigenvalue weighted by molar-refractivity contribution is 5.88. The number of anilines is 2. The van der Waals surface area contributed by atoms with Gasteiger partial charge in [0, 0.05) is 0 Å². The van der Waals surface area contributed by atoms with E-state index in [0.29, 0.717) is 22.7 Å². The number of fused-ring (bicyclic) bond motifs is 2. The molecule has 0 saturated carbocycles. The summed E-state index contributed by atoms with van der Waals surface area (Å²) in [5, 5.41) is 3.93. The number of alkyl halides is 1. The number of hydrogen-bond donors (Lipinski definition) is 2.